The Kier molecular flexibility index (Phi) is 3.47. The molecule has 0 aliphatic heterocycles. The van der Waals surface area contributed by atoms with Crippen LogP contribution in [0.1, 0.15) is 24.6 Å². The molecule has 0 unspecified atom stereocenters. The van der Waals surface area contributed by atoms with Crippen LogP contribution >= 0.6 is 15.9 Å². The Labute approximate surface area is 109 Å². The maximum atomic E-state index is 5.83. The minimum atomic E-state index is 0.517. The van der Waals surface area contributed by atoms with Crippen molar-refractivity contribution in [3.63, 3.8) is 0 Å². The maximum absolute atomic E-state index is 5.83. The van der Waals surface area contributed by atoms with Gasteiger partial charge in [-0.05, 0) is 31.0 Å². The molecule has 2 N–H and O–H groups in total. The Balaban J connectivity index is 2.48. The summed E-state index contributed by atoms with van der Waals surface area (Å²) in [6, 6.07) is 6.10. The van der Waals surface area contributed by atoms with E-state index in [2.05, 4.69) is 40.1 Å². The van der Waals surface area contributed by atoms with Crippen LogP contribution in [0.15, 0.2) is 22.7 Å². The van der Waals surface area contributed by atoms with Gasteiger partial charge in [0.25, 0.3) is 0 Å². The molecule has 0 bridgehead atoms. The van der Waals surface area contributed by atoms with Gasteiger partial charge in [0.2, 0.25) is 0 Å². The fourth-order valence-corrected chi connectivity index (χ4v) is 2.07. The van der Waals surface area contributed by atoms with Gasteiger partial charge in [0.1, 0.15) is 0 Å². The minimum absolute atomic E-state index is 0.517. The van der Waals surface area contributed by atoms with Gasteiger partial charge in [-0.15, -0.1) is 5.10 Å². The number of nitrogens with zero attached hydrogens (tertiary/aromatic N) is 3. The molecule has 0 spiro atoms. The van der Waals surface area contributed by atoms with Crippen LogP contribution in [0.25, 0.3) is 5.69 Å². The van der Waals surface area contributed by atoms with Crippen LogP contribution in [0.4, 0.5) is 5.82 Å². The molecule has 0 fully saturated rings. The highest BCUT2D eigenvalue weighted by atomic mass is 79.9. The molecule has 1 aromatic carbocycles. The van der Waals surface area contributed by atoms with Crippen molar-refractivity contribution in [3.05, 3.63) is 33.9 Å². The topological polar surface area (TPSA) is 56.7 Å². The molecule has 0 atom stereocenters. The zero-order chi connectivity index (χ0) is 12.4. The maximum Gasteiger partial charge on any atom is 0.169 e. The summed E-state index contributed by atoms with van der Waals surface area (Å²) in [5.41, 5.74) is 8.98. The molecular formula is C12H15BrN4. The van der Waals surface area contributed by atoms with Crippen LogP contribution in [0.2, 0.25) is 0 Å². The van der Waals surface area contributed by atoms with Gasteiger partial charge in [0.15, 0.2) is 5.82 Å². The lowest BCUT2D eigenvalue weighted by molar-refractivity contribution is 0.745. The highest BCUT2D eigenvalue weighted by Gasteiger charge is 2.11. The first kappa shape index (κ1) is 12.1. The van der Waals surface area contributed by atoms with Gasteiger partial charge in [0.05, 0.1) is 11.4 Å². The second kappa shape index (κ2) is 4.87. The van der Waals surface area contributed by atoms with Gasteiger partial charge in [-0.2, -0.15) is 0 Å². The van der Waals surface area contributed by atoms with Gasteiger partial charge in [-0.3, -0.25) is 0 Å². The zero-order valence-corrected chi connectivity index (χ0v) is 11.5. The molecule has 90 valence electrons. The average molecular weight is 295 g/mol. The first-order valence-corrected chi connectivity index (χ1v) is 6.39. The number of aromatic nitrogens is 3. The third kappa shape index (κ3) is 2.34. The Morgan fingerprint density at radius 2 is 2.18 bits per heavy atom. The predicted molar refractivity (Wildman–Crippen MR) is 72.2 cm³/mol. The third-order valence-electron chi connectivity index (χ3n) is 2.68. The van der Waals surface area contributed by atoms with Crippen molar-refractivity contribution in [2.45, 2.75) is 26.7 Å². The van der Waals surface area contributed by atoms with E-state index in [9.17, 15) is 0 Å². The molecule has 1 aromatic heterocycles. The summed E-state index contributed by atoms with van der Waals surface area (Å²) in [7, 11) is 0. The van der Waals surface area contributed by atoms with Crippen molar-refractivity contribution in [2.75, 3.05) is 5.73 Å². The molecule has 0 saturated heterocycles. The van der Waals surface area contributed by atoms with E-state index in [1.165, 1.54) is 5.56 Å². The van der Waals surface area contributed by atoms with Crippen molar-refractivity contribution < 1.29 is 0 Å². The van der Waals surface area contributed by atoms with E-state index in [0.29, 0.717) is 5.82 Å². The number of anilines is 1. The molecule has 1 heterocycles. The van der Waals surface area contributed by atoms with Gasteiger partial charge < -0.3 is 5.73 Å². The minimum Gasteiger partial charge on any atom is -0.381 e. The summed E-state index contributed by atoms with van der Waals surface area (Å²) in [4.78, 5) is 0. The molecule has 0 radical (unpaired) electrons. The molecule has 0 amide bonds. The summed E-state index contributed by atoms with van der Waals surface area (Å²) in [6.45, 7) is 4.17. The van der Waals surface area contributed by atoms with Gasteiger partial charge in [0, 0.05) is 4.47 Å². The number of hydrogen-bond acceptors (Lipinski definition) is 3. The number of hydrogen-bond donors (Lipinski definition) is 1. The second-order valence-electron chi connectivity index (χ2n) is 4.02. The van der Waals surface area contributed by atoms with Crippen LogP contribution in [-0.4, -0.2) is 15.0 Å². The van der Waals surface area contributed by atoms with Crippen LogP contribution in [0, 0.1) is 6.92 Å². The van der Waals surface area contributed by atoms with E-state index in [-0.39, 0.29) is 0 Å². The molecule has 2 rings (SSSR count). The smallest absolute Gasteiger partial charge is 0.169 e. The molecule has 5 heteroatoms. The highest BCUT2D eigenvalue weighted by molar-refractivity contribution is 9.10. The van der Waals surface area contributed by atoms with E-state index in [4.69, 9.17) is 5.73 Å². The fraction of sp³-hybridized carbons (Fsp3) is 0.333. The average Bonchev–Trinajstić information content (AvgIpc) is 2.66. The normalized spacial score (nSPS) is 10.8. The summed E-state index contributed by atoms with van der Waals surface area (Å²) >= 11 is 3.52. The monoisotopic (exact) mass is 294 g/mol. The van der Waals surface area contributed by atoms with Crippen LogP contribution < -0.4 is 5.73 Å². The second-order valence-corrected chi connectivity index (χ2v) is 4.87. The number of aryl methyl sites for hydroxylation is 1. The van der Waals surface area contributed by atoms with Crippen molar-refractivity contribution in [1.82, 2.24) is 15.0 Å². The zero-order valence-electron chi connectivity index (χ0n) is 9.94. The molecule has 0 saturated carbocycles. The van der Waals surface area contributed by atoms with Crippen LogP contribution in [0.3, 0.4) is 0 Å². The molecule has 17 heavy (non-hydrogen) atoms. The highest BCUT2D eigenvalue weighted by Crippen LogP contribution is 2.22. The molecular weight excluding hydrogens is 280 g/mol. The lowest BCUT2D eigenvalue weighted by Crippen LogP contribution is -2.03. The van der Waals surface area contributed by atoms with Crippen molar-refractivity contribution in [1.29, 1.82) is 0 Å². The van der Waals surface area contributed by atoms with E-state index >= 15 is 0 Å². The number of nitrogen functional groups attached to an aromatic ring is 1. The van der Waals surface area contributed by atoms with Gasteiger partial charge in [-0.1, -0.05) is 40.6 Å². The SMILES string of the molecule is CCCc1c(N)nnn1-c1ccc(C)c(Br)c1. The van der Waals surface area contributed by atoms with Gasteiger partial charge in [-0.25, -0.2) is 4.68 Å². The fourth-order valence-electron chi connectivity index (χ4n) is 1.70. The van der Waals surface area contributed by atoms with E-state index < -0.39 is 0 Å². The largest absolute Gasteiger partial charge is 0.381 e. The summed E-state index contributed by atoms with van der Waals surface area (Å²) in [6.07, 6.45) is 1.90. The number of nitrogens with two attached hydrogens (primary N) is 1. The van der Waals surface area contributed by atoms with E-state index in [1.807, 2.05) is 22.9 Å². The Hall–Kier alpha value is -1.36. The van der Waals surface area contributed by atoms with Crippen LogP contribution in [0.5, 0.6) is 0 Å². The van der Waals surface area contributed by atoms with E-state index in [0.717, 1.165) is 28.7 Å². The lowest BCUT2D eigenvalue weighted by Gasteiger charge is -2.07. The van der Waals surface area contributed by atoms with Crippen molar-refractivity contribution in [3.8, 4) is 5.69 Å². The van der Waals surface area contributed by atoms with Gasteiger partial charge >= 0.3 is 0 Å². The first-order chi connectivity index (χ1) is 8.13. The lowest BCUT2D eigenvalue weighted by atomic mass is 10.2. The standard InChI is InChI=1S/C12H15BrN4/c1-3-4-11-12(14)15-16-17(11)9-6-5-8(2)10(13)7-9/h5-7H,3-4,14H2,1-2H3. The molecule has 0 aliphatic carbocycles. The third-order valence-corrected chi connectivity index (χ3v) is 3.53. The van der Waals surface area contributed by atoms with Crippen molar-refractivity contribution in [2.24, 2.45) is 0 Å². The van der Waals surface area contributed by atoms with Crippen molar-refractivity contribution >= 4 is 21.7 Å². The Morgan fingerprint density at radius 3 is 2.82 bits per heavy atom. The predicted octanol–water partition coefficient (Wildman–Crippen LogP) is 2.87. The van der Waals surface area contributed by atoms with E-state index in [1.54, 1.807) is 0 Å². The summed E-state index contributed by atoms with van der Waals surface area (Å²) in [5, 5.41) is 8.04. The number of benzene rings is 1. The molecule has 4 nitrogen and oxygen atoms in total. The Morgan fingerprint density at radius 1 is 1.41 bits per heavy atom. The summed E-state index contributed by atoms with van der Waals surface area (Å²) < 4.78 is 2.87. The summed E-state index contributed by atoms with van der Waals surface area (Å²) in [5.74, 6) is 0.517. The quantitative estimate of drug-likeness (QED) is 0.947. The number of rotatable bonds is 3. The first-order valence-electron chi connectivity index (χ1n) is 5.60. The molecule has 0 aliphatic rings. The number of halogens is 1. The molecule has 2 aromatic rings. The van der Waals surface area contributed by atoms with Crippen LogP contribution in [-0.2, 0) is 6.42 Å². The Bertz CT molecular complexity index is 533.